The monoisotopic (exact) mass is 408 g/mol. The largest absolute Gasteiger partial charge is 0.423 e. The minimum Gasteiger partial charge on any atom is -0.423 e. The van der Waals surface area contributed by atoms with E-state index in [9.17, 15) is 9.59 Å². The van der Waals surface area contributed by atoms with E-state index in [2.05, 4.69) is 20.5 Å². The summed E-state index contributed by atoms with van der Waals surface area (Å²) in [5, 5.41) is 5.68. The second kappa shape index (κ2) is 8.96. The number of aromatic nitrogens is 1. The van der Waals surface area contributed by atoms with Crippen LogP contribution in [-0.2, 0) is 14.3 Å². The SMILES string of the molecule is COCC(=O)Nc1ccc(NC(=O)C2CCN(c3nc4ccccc4o3)CC2)cc1. The lowest BCUT2D eigenvalue weighted by atomic mass is 9.96. The van der Waals surface area contributed by atoms with Gasteiger partial charge in [0.1, 0.15) is 12.1 Å². The van der Waals surface area contributed by atoms with Crippen LogP contribution in [0.3, 0.4) is 0 Å². The van der Waals surface area contributed by atoms with Crippen LogP contribution in [0.5, 0.6) is 0 Å². The topological polar surface area (TPSA) is 96.7 Å². The molecule has 0 saturated carbocycles. The Bertz CT molecular complexity index is 990. The molecule has 2 amide bonds. The van der Waals surface area contributed by atoms with Crippen molar-refractivity contribution in [2.24, 2.45) is 5.92 Å². The number of fused-ring (bicyclic) bond motifs is 1. The number of ether oxygens (including phenoxy) is 1. The van der Waals surface area contributed by atoms with Crippen LogP contribution in [0, 0.1) is 5.92 Å². The highest BCUT2D eigenvalue weighted by Crippen LogP contribution is 2.27. The number of rotatable bonds is 6. The summed E-state index contributed by atoms with van der Waals surface area (Å²) in [6.07, 6.45) is 1.46. The number of carbonyl (C=O) groups excluding carboxylic acids is 2. The van der Waals surface area contributed by atoms with Crippen LogP contribution in [0.4, 0.5) is 17.4 Å². The molecule has 0 radical (unpaired) electrons. The number of piperidine rings is 1. The highest BCUT2D eigenvalue weighted by molar-refractivity contribution is 5.94. The lowest BCUT2D eigenvalue weighted by Crippen LogP contribution is -2.38. The van der Waals surface area contributed by atoms with Crippen LogP contribution in [0.1, 0.15) is 12.8 Å². The molecule has 3 aromatic rings. The molecule has 0 unspecified atom stereocenters. The maximum absolute atomic E-state index is 12.6. The lowest BCUT2D eigenvalue weighted by Gasteiger charge is -2.30. The standard InChI is InChI=1S/C22H24N4O4/c1-29-14-20(27)23-16-6-8-17(9-7-16)24-21(28)15-10-12-26(13-11-15)22-25-18-4-2-3-5-19(18)30-22/h2-9,15H,10-14H2,1H3,(H,23,27)(H,24,28). The van der Waals surface area contributed by atoms with Crippen molar-refractivity contribution in [3.8, 4) is 0 Å². The number of oxazole rings is 1. The minimum atomic E-state index is -0.222. The minimum absolute atomic E-state index is 0.000731. The van der Waals surface area contributed by atoms with Crippen molar-refractivity contribution in [1.82, 2.24) is 4.98 Å². The molecule has 30 heavy (non-hydrogen) atoms. The normalized spacial score (nSPS) is 14.6. The van der Waals surface area contributed by atoms with E-state index < -0.39 is 0 Å². The summed E-state index contributed by atoms with van der Waals surface area (Å²) in [4.78, 5) is 30.8. The molecule has 0 atom stereocenters. The number of nitrogens with one attached hydrogen (secondary N) is 2. The molecular weight excluding hydrogens is 384 g/mol. The number of benzene rings is 2. The van der Waals surface area contributed by atoms with Gasteiger partial charge in [0.25, 0.3) is 6.01 Å². The van der Waals surface area contributed by atoms with E-state index in [4.69, 9.17) is 9.15 Å². The van der Waals surface area contributed by atoms with Gasteiger partial charge in [0.15, 0.2) is 5.58 Å². The van der Waals surface area contributed by atoms with E-state index in [0.29, 0.717) is 17.4 Å². The number of methoxy groups -OCH3 is 1. The summed E-state index contributed by atoms with van der Waals surface area (Å²) in [5.41, 5.74) is 2.97. The zero-order chi connectivity index (χ0) is 20.9. The van der Waals surface area contributed by atoms with E-state index in [1.807, 2.05) is 24.3 Å². The summed E-state index contributed by atoms with van der Waals surface area (Å²) in [6.45, 7) is 1.44. The van der Waals surface area contributed by atoms with Gasteiger partial charge in [-0.2, -0.15) is 4.98 Å². The van der Waals surface area contributed by atoms with Crippen molar-refractivity contribution in [3.05, 3.63) is 48.5 Å². The molecule has 8 heteroatoms. The molecule has 4 rings (SSSR count). The predicted molar refractivity (Wildman–Crippen MR) is 115 cm³/mol. The van der Waals surface area contributed by atoms with E-state index in [1.54, 1.807) is 24.3 Å². The molecule has 156 valence electrons. The van der Waals surface area contributed by atoms with Crippen molar-refractivity contribution < 1.29 is 18.7 Å². The predicted octanol–water partition coefficient (Wildman–Crippen LogP) is 3.27. The molecule has 1 fully saturated rings. The highest BCUT2D eigenvalue weighted by atomic mass is 16.5. The molecule has 2 aromatic carbocycles. The first-order chi connectivity index (χ1) is 14.6. The fraction of sp³-hybridized carbons (Fsp3) is 0.318. The van der Waals surface area contributed by atoms with Gasteiger partial charge < -0.3 is 24.7 Å². The molecule has 1 aromatic heterocycles. The number of nitrogens with zero attached hydrogens (tertiary/aromatic N) is 2. The maximum atomic E-state index is 12.6. The number of para-hydroxylation sites is 2. The Labute approximate surface area is 174 Å². The number of amides is 2. The molecular formula is C22H24N4O4. The molecule has 0 spiro atoms. The average Bonchev–Trinajstić information content (AvgIpc) is 3.20. The third-order valence-electron chi connectivity index (χ3n) is 5.13. The van der Waals surface area contributed by atoms with Gasteiger partial charge in [-0.3, -0.25) is 9.59 Å². The van der Waals surface area contributed by atoms with E-state index in [0.717, 1.165) is 37.0 Å². The Kier molecular flexibility index (Phi) is 5.94. The Balaban J connectivity index is 1.29. The first kappa shape index (κ1) is 19.9. The van der Waals surface area contributed by atoms with Gasteiger partial charge in [-0.15, -0.1) is 0 Å². The van der Waals surface area contributed by atoms with Gasteiger partial charge in [0.2, 0.25) is 11.8 Å². The summed E-state index contributed by atoms with van der Waals surface area (Å²) in [6, 6.07) is 15.3. The Morgan fingerprint density at radius 2 is 1.73 bits per heavy atom. The third-order valence-corrected chi connectivity index (χ3v) is 5.13. The summed E-state index contributed by atoms with van der Waals surface area (Å²) >= 11 is 0. The van der Waals surface area contributed by atoms with Crippen LogP contribution in [-0.4, -0.2) is 43.6 Å². The highest BCUT2D eigenvalue weighted by Gasteiger charge is 2.27. The maximum Gasteiger partial charge on any atom is 0.298 e. The van der Waals surface area contributed by atoms with Crippen LogP contribution >= 0.6 is 0 Å². The van der Waals surface area contributed by atoms with Crippen LogP contribution in [0.2, 0.25) is 0 Å². The first-order valence-electron chi connectivity index (χ1n) is 9.92. The first-order valence-corrected chi connectivity index (χ1v) is 9.92. The number of hydrogen-bond donors (Lipinski definition) is 2. The van der Waals surface area contributed by atoms with Gasteiger partial charge in [0, 0.05) is 37.5 Å². The number of hydrogen-bond acceptors (Lipinski definition) is 6. The van der Waals surface area contributed by atoms with Gasteiger partial charge in [-0.25, -0.2) is 0 Å². The van der Waals surface area contributed by atoms with Crippen molar-refractivity contribution in [1.29, 1.82) is 0 Å². The van der Waals surface area contributed by atoms with Crippen LogP contribution in [0.15, 0.2) is 52.9 Å². The number of carbonyl (C=O) groups is 2. The molecule has 2 heterocycles. The third kappa shape index (κ3) is 4.60. The second-order valence-electron chi connectivity index (χ2n) is 7.27. The van der Waals surface area contributed by atoms with Gasteiger partial charge >= 0.3 is 0 Å². The van der Waals surface area contributed by atoms with Gasteiger partial charge in [-0.1, -0.05) is 12.1 Å². The Hall–Kier alpha value is -3.39. The average molecular weight is 408 g/mol. The smallest absolute Gasteiger partial charge is 0.298 e. The van der Waals surface area contributed by atoms with E-state index >= 15 is 0 Å². The van der Waals surface area contributed by atoms with E-state index in [-0.39, 0.29) is 24.3 Å². The fourth-order valence-corrected chi connectivity index (χ4v) is 3.54. The zero-order valence-corrected chi connectivity index (χ0v) is 16.8. The molecule has 1 aliphatic heterocycles. The molecule has 0 aliphatic carbocycles. The zero-order valence-electron chi connectivity index (χ0n) is 16.8. The van der Waals surface area contributed by atoms with Crippen molar-refractivity contribution in [3.63, 3.8) is 0 Å². The van der Waals surface area contributed by atoms with Crippen LogP contribution in [0.25, 0.3) is 11.1 Å². The Morgan fingerprint density at radius 3 is 2.40 bits per heavy atom. The second-order valence-corrected chi connectivity index (χ2v) is 7.27. The van der Waals surface area contributed by atoms with Crippen molar-refractivity contribution >= 4 is 40.3 Å². The van der Waals surface area contributed by atoms with Gasteiger partial charge in [0.05, 0.1) is 0 Å². The quantitative estimate of drug-likeness (QED) is 0.650. The van der Waals surface area contributed by atoms with Crippen molar-refractivity contribution in [2.45, 2.75) is 12.8 Å². The molecule has 2 N–H and O–H groups in total. The summed E-state index contributed by atoms with van der Waals surface area (Å²) < 4.78 is 10.6. The molecule has 1 saturated heterocycles. The molecule has 0 bridgehead atoms. The fourth-order valence-electron chi connectivity index (χ4n) is 3.54. The Morgan fingerprint density at radius 1 is 1.07 bits per heavy atom. The number of anilines is 3. The van der Waals surface area contributed by atoms with Crippen LogP contribution < -0.4 is 15.5 Å². The summed E-state index contributed by atoms with van der Waals surface area (Å²) in [5.74, 6) is -0.282. The molecule has 8 nitrogen and oxygen atoms in total. The molecule has 1 aliphatic rings. The van der Waals surface area contributed by atoms with Gasteiger partial charge in [-0.05, 0) is 49.2 Å². The summed E-state index contributed by atoms with van der Waals surface area (Å²) in [7, 11) is 1.47. The van der Waals surface area contributed by atoms with Crippen molar-refractivity contribution in [2.75, 3.05) is 42.3 Å². The lowest BCUT2D eigenvalue weighted by molar-refractivity contribution is -0.120. The van der Waals surface area contributed by atoms with E-state index in [1.165, 1.54) is 7.11 Å².